The van der Waals surface area contributed by atoms with Crippen molar-refractivity contribution in [1.82, 2.24) is 5.32 Å². The van der Waals surface area contributed by atoms with Crippen molar-refractivity contribution in [2.24, 2.45) is 0 Å². The molecule has 0 aliphatic heterocycles. The summed E-state index contributed by atoms with van der Waals surface area (Å²) in [4.78, 5) is 23.3. The lowest BCUT2D eigenvalue weighted by Crippen LogP contribution is -2.26. The number of amides is 1. The predicted octanol–water partition coefficient (Wildman–Crippen LogP) is 3.83. The highest BCUT2D eigenvalue weighted by atomic mass is 16.5. The molecule has 0 bridgehead atoms. The van der Waals surface area contributed by atoms with E-state index in [1.807, 2.05) is 49.4 Å². The predicted molar refractivity (Wildman–Crippen MR) is 100 cm³/mol. The summed E-state index contributed by atoms with van der Waals surface area (Å²) in [5.41, 5.74) is 1.18. The zero-order valence-corrected chi connectivity index (χ0v) is 14.6. The van der Waals surface area contributed by atoms with Gasteiger partial charge < -0.3 is 14.5 Å². The van der Waals surface area contributed by atoms with Crippen LogP contribution < -0.4 is 15.7 Å². The number of fused-ring (bicyclic) bond motifs is 1. The molecule has 5 heteroatoms. The van der Waals surface area contributed by atoms with Crippen molar-refractivity contribution in [3.63, 3.8) is 0 Å². The van der Waals surface area contributed by atoms with Gasteiger partial charge in [-0.1, -0.05) is 30.3 Å². The molecule has 2 aromatic carbocycles. The lowest BCUT2D eigenvalue weighted by Gasteiger charge is -2.14. The fraction of sp³-hybridized carbons (Fsp3) is 0.238. The van der Waals surface area contributed by atoms with Crippen LogP contribution in [0.4, 0.5) is 0 Å². The summed E-state index contributed by atoms with van der Waals surface area (Å²) in [6.07, 6.45) is 0.990. The Bertz CT molecular complexity index is 933. The van der Waals surface area contributed by atoms with Crippen molar-refractivity contribution in [3.8, 4) is 5.75 Å². The van der Waals surface area contributed by atoms with Gasteiger partial charge in [0.2, 0.25) is 5.91 Å². The minimum atomic E-state index is -0.390. The highest BCUT2D eigenvalue weighted by molar-refractivity contribution is 5.78. The van der Waals surface area contributed by atoms with E-state index in [-0.39, 0.29) is 17.6 Å². The molecule has 0 saturated carbocycles. The van der Waals surface area contributed by atoms with Crippen molar-refractivity contribution in [1.29, 1.82) is 0 Å². The molecule has 1 amide bonds. The maximum Gasteiger partial charge on any atom is 0.336 e. The molecule has 3 aromatic rings. The van der Waals surface area contributed by atoms with E-state index in [0.29, 0.717) is 30.8 Å². The van der Waals surface area contributed by atoms with Gasteiger partial charge in [-0.05, 0) is 37.1 Å². The second-order valence-corrected chi connectivity index (χ2v) is 6.11. The van der Waals surface area contributed by atoms with Gasteiger partial charge in [-0.3, -0.25) is 4.79 Å². The second-order valence-electron chi connectivity index (χ2n) is 6.11. The smallest absolute Gasteiger partial charge is 0.336 e. The SMILES string of the molecule is C[C@@H](NC(=O)CCCOc1ccc2ccc(=O)oc2c1)c1ccccc1. The number of carbonyl (C=O) groups excluding carboxylic acids is 1. The maximum absolute atomic E-state index is 12.0. The molecule has 3 rings (SSSR count). The molecule has 134 valence electrons. The third kappa shape index (κ3) is 4.72. The molecule has 0 aliphatic rings. The number of benzene rings is 2. The van der Waals surface area contributed by atoms with E-state index in [1.54, 1.807) is 12.1 Å². The second kappa shape index (κ2) is 8.34. The summed E-state index contributed by atoms with van der Waals surface area (Å²) in [5.74, 6) is 0.611. The molecule has 5 nitrogen and oxygen atoms in total. The number of rotatable bonds is 7. The zero-order valence-electron chi connectivity index (χ0n) is 14.6. The fourth-order valence-electron chi connectivity index (χ4n) is 2.69. The van der Waals surface area contributed by atoms with Crippen LogP contribution >= 0.6 is 0 Å². The van der Waals surface area contributed by atoms with E-state index >= 15 is 0 Å². The van der Waals surface area contributed by atoms with Crippen LogP contribution in [0.1, 0.15) is 31.4 Å². The Morgan fingerprint density at radius 3 is 2.69 bits per heavy atom. The number of ether oxygens (including phenoxy) is 1. The molecule has 0 unspecified atom stereocenters. The van der Waals surface area contributed by atoms with E-state index in [0.717, 1.165) is 10.9 Å². The number of nitrogens with one attached hydrogen (secondary N) is 1. The van der Waals surface area contributed by atoms with Gasteiger partial charge in [-0.15, -0.1) is 0 Å². The minimum Gasteiger partial charge on any atom is -0.493 e. The molecule has 1 N–H and O–H groups in total. The van der Waals surface area contributed by atoms with Crippen molar-refractivity contribution >= 4 is 16.9 Å². The van der Waals surface area contributed by atoms with Crippen molar-refractivity contribution in [2.75, 3.05) is 6.61 Å². The van der Waals surface area contributed by atoms with Crippen molar-refractivity contribution < 1.29 is 13.9 Å². The summed E-state index contributed by atoms with van der Waals surface area (Å²) in [6, 6.07) is 18.3. The fourth-order valence-corrected chi connectivity index (χ4v) is 2.69. The van der Waals surface area contributed by atoms with Gasteiger partial charge in [0.15, 0.2) is 0 Å². The molecule has 0 radical (unpaired) electrons. The summed E-state index contributed by atoms with van der Waals surface area (Å²) in [5, 5.41) is 3.82. The summed E-state index contributed by atoms with van der Waals surface area (Å²) < 4.78 is 10.8. The first-order valence-electron chi connectivity index (χ1n) is 8.63. The van der Waals surface area contributed by atoms with Crippen molar-refractivity contribution in [3.05, 3.63) is 76.6 Å². The molecule has 1 aromatic heterocycles. The van der Waals surface area contributed by atoms with E-state index < -0.39 is 0 Å². The molecular formula is C21H21NO4. The third-order valence-electron chi connectivity index (χ3n) is 4.09. The molecule has 1 heterocycles. The van der Waals surface area contributed by atoms with Crippen LogP contribution in [0.2, 0.25) is 0 Å². The van der Waals surface area contributed by atoms with Crippen LogP contribution in [0.15, 0.2) is 69.9 Å². The minimum absolute atomic E-state index is 0.00513. The Hall–Kier alpha value is -3.08. The van der Waals surface area contributed by atoms with Crippen molar-refractivity contribution in [2.45, 2.75) is 25.8 Å². The number of carbonyl (C=O) groups is 1. The first-order chi connectivity index (χ1) is 12.6. The largest absolute Gasteiger partial charge is 0.493 e. The Morgan fingerprint density at radius 1 is 1.12 bits per heavy atom. The van der Waals surface area contributed by atoms with Gasteiger partial charge in [0, 0.05) is 23.9 Å². The average Bonchev–Trinajstić information content (AvgIpc) is 2.65. The van der Waals surface area contributed by atoms with Crippen LogP contribution in [-0.4, -0.2) is 12.5 Å². The van der Waals surface area contributed by atoms with Crippen LogP contribution in [0.25, 0.3) is 11.0 Å². The topological polar surface area (TPSA) is 68.5 Å². The quantitative estimate of drug-likeness (QED) is 0.519. The lowest BCUT2D eigenvalue weighted by molar-refractivity contribution is -0.121. The van der Waals surface area contributed by atoms with E-state index in [9.17, 15) is 9.59 Å². The highest BCUT2D eigenvalue weighted by Gasteiger charge is 2.09. The zero-order chi connectivity index (χ0) is 18.4. The third-order valence-corrected chi connectivity index (χ3v) is 4.09. The summed E-state index contributed by atoms with van der Waals surface area (Å²) in [6.45, 7) is 2.38. The standard InChI is InChI=1S/C21H21NO4/c1-15(16-6-3-2-4-7-16)22-20(23)8-5-13-25-18-11-9-17-10-12-21(24)26-19(17)14-18/h2-4,6-7,9-12,14-15H,5,8,13H2,1H3,(H,22,23)/t15-/m1/s1. The van der Waals surface area contributed by atoms with Gasteiger partial charge in [0.1, 0.15) is 11.3 Å². The van der Waals surface area contributed by atoms with Gasteiger partial charge >= 0.3 is 5.63 Å². The first-order valence-corrected chi connectivity index (χ1v) is 8.63. The Labute approximate surface area is 151 Å². The summed E-state index contributed by atoms with van der Waals surface area (Å²) in [7, 11) is 0. The van der Waals surface area contributed by atoms with E-state index in [1.165, 1.54) is 6.07 Å². The van der Waals surface area contributed by atoms with Gasteiger partial charge in [-0.25, -0.2) is 4.79 Å². The number of hydrogen-bond donors (Lipinski definition) is 1. The first kappa shape index (κ1) is 17.7. The Balaban J connectivity index is 1.45. The van der Waals surface area contributed by atoms with Crippen LogP contribution in [0.5, 0.6) is 5.75 Å². The lowest BCUT2D eigenvalue weighted by atomic mass is 10.1. The van der Waals surface area contributed by atoms with E-state index in [4.69, 9.17) is 9.15 Å². The van der Waals surface area contributed by atoms with Gasteiger partial charge in [0.05, 0.1) is 12.6 Å². The van der Waals surface area contributed by atoms with Gasteiger partial charge in [-0.2, -0.15) is 0 Å². The Morgan fingerprint density at radius 2 is 1.88 bits per heavy atom. The normalized spacial score (nSPS) is 11.9. The van der Waals surface area contributed by atoms with Crippen LogP contribution in [0.3, 0.4) is 0 Å². The molecular weight excluding hydrogens is 330 g/mol. The molecule has 26 heavy (non-hydrogen) atoms. The van der Waals surface area contributed by atoms with Crippen LogP contribution in [0, 0.1) is 0 Å². The van der Waals surface area contributed by atoms with Gasteiger partial charge in [0.25, 0.3) is 0 Å². The monoisotopic (exact) mass is 351 g/mol. The molecule has 1 atom stereocenters. The molecule has 0 spiro atoms. The number of hydrogen-bond acceptors (Lipinski definition) is 4. The Kier molecular flexibility index (Phi) is 5.69. The highest BCUT2D eigenvalue weighted by Crippen LogP contribution is 2.19. The molecule has 0 saturated heterocycles. The van der Waals surface area contributed by atoms with Crippen LogP contribution in [-0.2, 0) is 4.79 Å². The van der Waals surface area contributed by atoms with E-state index in [2.05, 4.69) is 5.32 Å². The average molecular weight is 351 g/mol. The maximum atomic E-state index is 12.0. The molecule has 0 fully saturated rings. The summed E-state index contributed by atoms with van der Waals surface area (Å²) >= 11 is 0. The molecule has 0 aliphatic carbocycles.